The highest BCUT2D eigenvalue weighted by Crippen LogP contribution is 2.28. The van der Waals surface area contributed by atoms with Crippen molar-refractivity contribution in [3.05, 3.63) is 18.2 Å². The van der Waals surface area contributed by atoms with Crippen LogP contribution in [-0.2, 0) is 10.0 Å². The van der Waals surface area contributed by atoms with E-state index in [0.29, 0.717) is 23.7 Å². The van der Waals surface area contributed by atoms with E-state index in [2.05, 4.69) is 10.0 Å². The number of aliphatic hydroxyl groups excluding tert-OH is 1. The molecule has 1 atom stereocenters. The van der Waals surface area contributed by atoms with Crippen LogP contribution in [0, 0.1) is 0 Å². The van der Waals surface area contributed by atoms with Crippen LogP contribution < -0.4 is 14.8 Å². The van der Waals surface area contributed by atoms with Crippen molar-refractivity contribution < 1.29 is 18.3 Å². The fourth-order valence-corrected chi connectivity index (χ4v) is 2.05. The Hall–Kier alpha value is -1.18. The van der Waals surface area contributed by atoms with Gasteiger partial charge in [0.2, 0.25) is 10.0 Å². The predicted molar refractivity (Wildman–Crippen MR) is 76.7 cm³/mol. The highest BCUT2D eigenvalue weighted by molar-refractivity contribution is 7.92. The molecule has 0 aromatic heterocycles. The Labute approximate surface area is 117 Å². The Morgan fingerprint density at radius 1 is 1.47 bits per heavy atom. The fraction of sp³-hybridized carbons (Fsp3) is 0.455. The number of methoxy groups -OCH3 is 1. The van der Waals surface area contributed by atoms with Crippen LogP contribution in [0.25, 0.3) is 0 Å². The van der Waals surface area contributed by atoms with Crippen molar-refractivity contribution in [2.75, 3.05) is 35.8 Å². The van der Waals surface area contributed by atoms with Gasteiger partial charge in [0.1, 0.15) is 5.75 Å². The minimum Gasteiger partial charge on any atom is -0.494 e. The summed E-state index contributed by atoms with van der Waals surface area (Å²) in [7, 11) is -1.92. The van der Waals surface area contributed by atoms with Gasteiger partial charge in [0.05, 0.1) is 31.0 Å². The van der Waals surface area contributed by atoms with E-state index in [0.717, 1.165) is 6.26 Å². The lowest BCUT2D eigenvalue weighted by atomic mass is 10.2. The van der Waals surface area contributed by atoms with Crippen LogP contribution in [0.5, 0.6) is 5.75 Å². The molecule has 0 fully saturated rings. The van der Waals surface area contributed by atoms with Crippen molar-refractivity contribution in [3.63, 3.8) is 0 Å². The van der Waals surface area contributed by atoms with Gasteiger partial charge in [0.25, 0.3) is 0 Å². The molecule has 0 saturated heterocycles. The number of hydrogen-bond donors (Lipinski definition) is 3. The Balaban J connectivity index is 2.84. The first kappa shape index (κ1) is 15.9. The van der Waals surface area contributed by atoms with Gasteiger partial charge in [-0.1, -0.05) is 0 Å². The summed E-state index contributed by atoms with van der Waals surface area (Å²) in [6.45, 7) is 0.297. The van der Waals surface area contributed by atoms with Gasteiger partial charge in [-0.3, -0.25) is 4.72 Å². The third-order valence-corrected chi connectivity index (χ3v) is 3.16. The van der Waals surface area contributed by atoms with E-state index in [1.54, 1.807) is 18.2 Å². The van der Waals surface area contributed by atoms with Crippen LogP contribution in [0.15, 0.2) is 18.2 Å². The SMILES string of the molecule is COc1cc(NCC(O)CCl)ccc1NS(C)(=O)=O. The zero-order valence-electron chi connectivity index (χ0n) is 10.7. The largest absolute Gasteiger partial charge is 0.494 e. The average Bonchev–Trinajstić information content (AvgIpc) is 2.35. The van der Waals surface area contributed by atoms with Crippen LogP contribution in [0.4, 0.5) is 11.4 Å². The number of alkyl halides is 1. The molecule has 0 saturated carbocycles. The average molecular weight is 309 g/mol. The quantitative estimate of drug-likeness (QED) is 0.656. The zero-order valence-corrected chi connectivity index (χ0v) is 12.3. The molecule has 1 unspecified atom stereocenters. The third-order valence-electron chi connectivity index (χ3n) is 2.22. The Kier molecular flexibility index (Phi) is 5.71. The van der Waals surface area contributed by atoms with Crippen molar-refractivity contribution >= 4 is 33.0 Å². The minimum atomic E-state index is -3.36. The minimum absolute atomic E-state index is 0.137. The molecule has 0 spiro atoms. The maximum absolute atomic E-state index is 11.2. The van der Waals surface area contributed by atoms with Crippen LogP contribution in [0.3, 0.4) is 0 Å². The molecule has 0 amide bonds. The van der Waals surface area contributed by atoms with Crippen molar-refractivity contribution in [3.8, 4) is 5.75 Å². The molecule has 1 rings (SSSR count). The van der Waals surface area contributed by atoms with Gasteiger partial charge in [-0.05, 0) is 12.1 Å². The van der Waals surface area contributed by atoms with E-state index in [1.165, 1.54) is 7.11 Å². The van der Waals surface area contributed by atoms with Crippen LogP contribution in [0.2, 0.25) is 0 Å². The summed E-state index contributed by atoms with van der Waals surface area (Å²) in [5.74, 6) is 0.522. The molecule has 108 valence electrons. The number of aliphatic hydroxyl groups is 1. The van der Waals surface area contributed by atoms with Crippen molar-refractivity contribution in [2.24, 2.45) is 0 Å². The molecule has 19 heavy (non-hydrogen) atoms. The normalized spacial score (nSPS) is 12.8. The van der Waals surface area contributed by atoms with Crippen LogP contribution in [0.1, 0.15) is 0 Å². The molecule has 0 radical (unpaired) electrons. The maximum atomic E-state index is 11.2. The van der Waals surface area contributed by atoms with Crippen molar-refractivity contribution in [1.29, 1.82) is 0 Å². The summed E-state index contributed by atoms with van der Waals surface area (Å²) in [6.07, 6.45) is 0.414. The molecule has 8 heteroatoms. The van der Waals surface area contributed by atoms with Gasteiger partial charge in [0, 0.05) is 18.3 Å². The maximum Gasteiger partial charge on any atom is 0.229 e. The van der Waals surface area contributed by atoms with Gasteiger partial charge < -0.3 is 15.2 Å². The molecule has 0 aliphatic heterocycles. The van der Waals surface area contributed by atoms with E-state index < -0.39 is 16.1 Å². The second-order valence-corrected chi connectivity index (χ2v) is 6.04. The van der Waals surface area contributed by atoms with Gasteiger partial charge in [-0.2, -0.15) is 0 Å². The van der Waals surface area contributed by atoms with Gasteiger partial charge in [-0.25, -0.2) is 8.42 Å². The number of benzene rings is 1. The van der Waals surface area contributed by atoms with Crippen LogP contribution in [-0.4, -0.2) is 45.4 Å². The second-order valence-electron chi connectivity index (χ2n) is 3.98. The molecule has 0 aliphatic carbocycles. The number of anilines is 2. The van der Waals surface area contributed by atoms with E-state index >= 15 is 0 Å². The number of ether oxygens (including phenoxy) is 1. The van der Waals surface area contributed by atoms with E-state index in [9.17, 15) is 13.5 Å². The summed E-state index contributed by atoms with van der Waals surface area (Å²) in [4.78, 5) is 0. The van der Waals surface area contributed by atoms with Crippen LogP contribution >= 0.6 is 11.6 Å². The van der Waals surface area contributed by atoms with Crippen molar-refractivity contribution in [1.82, 2.24) is 0 Å². The number of hydrogen-bond acceptors (Lipinski definition) is 5. The Bertz CT molecular complexity index is 521. The molecule has 0 heterocycles. The fourth-order valence-electron chi connectivity index (χ4n) is 1.38. The molecule has 0 aliphatic rings. The molecular formula is C11H17ClN2O4S. The van der Waals surface area contributed by atoms with E-state index in [4.69, 9.17) is 16.3 Å². The smallest absolute Gasteiger partial charge is 0.229 e. The van der Waals surface area contributed by atoms with E-state index in [1.807, 2.05) is 0 Å². The second kappa shape index (κ2) is 6.83. The number of halogens is 1. The third kappa shape index (κ3) is 5.54. The summed E-state index contributed by atoms with van der Waals surface area (Å²) >= 11 is 5.48. The summed E-state index contributed by atoms with van der Waals surface area (Å²) in [5, 5.41) is 12.3. The highest BCUT2D eigenvalue weighted by Gasteiger charge is 2.09. The van der Waals surface area contributed by atoms with Gasteiger partial charge in [0.15, 0.2) is 0 Å². The highest BCUT2D eigenvalue weighted by atomic mass is 35.5. The molecule has 6 nitrogen and oxygen atoms in total. The Morgan fingerprint density at radius 3 is 2.68 bits per heavy atom. The topological polar surface area (TPSA) is 87.7 Å². The lowest BCUT2D eigenvalue weighted by molar-refractivity contribution is 0.211. The monoisotopic (exact) mass is 308 g/mol. The van der Waals surface area contributed by atoms with Gasteiger partial charge >= 0.3 is 0 Å². The standard InChI is InChI=1S/C11H17ClN2O4S/c1-18-11-5-8(13-7-9(15)6-12)3-4-10(11)14-19(2,16)17/h3-5,9,13-15H,6-7H2,1-2H3. The lowest BCUT2D eigenvalue weighted by Crippen LogP contribution is -2.20. The number of nitrogens with one attached hydrogen (secondary N) is 2. The first-order valence-electron chi connectivity index (χ1n) is 5.49. The summed E-state index contributed by atoms with van der Waals surface area (Å²) in [6, 6.07) is 4.89. The zero-order chi connectivity index (χ0) is 14.5. The first-order valence-corrected chi connectivity index (χ1v) is 7.92. The summed E-state index contributed by atoms with van der Waals surface area (Å²) < 4.78 is 29.8. The molecule has 3 N–H and O–H groups in total. The predicted octanol–water partition coefficient (Wildman–Crippen LogP) is 1.08. The molecule has 0 bridgehead atoms. The molecular weight excluding hydrogens is 292 g/mol. The first-order chi connectivity index (χ1) is 8.85. The lowest BCUT2D eigenvalue weighted by Gasteiger charge is -2.14. The number of sulfonamides is 1. The van der Waals surface area contributed by atoms with Gasteiger partial charge in [-0.15, -0.1) is 11.6 Å². The molecule has 1 aromatic rings. The Morgan fingerprint density at radius 2 is 2.16 bits per heavy atom. The van der Waals surface area contributed by atoms with E-state index in [-0.39, 0.29) is 5.88 Å². The molecule has 1 aromatic carbocycles. The number of rotatable bonds is 7. The van der Waals surface area contributed by atoms with Crippen molar-refractivity contribution in [2.45, 2.75) is 6.10 Å². The summed E-state index contributed by atoms with van der Waals surface area (Å²) in [5.41, 5.74) is 1.05.